The highest BCUT2D eigenvalue weighted by molar-refractivity contribution is 8.18. The lowest BCUT2D eigenvalue weighted by molar-refractivity contribution is -0.123. The molecule has 1 aliphatic heterocycles. The van der Waals surface area contributed by atoms with E-state index in [0.717, 1.165) is 17.3 Å². The zero-order valence-corrected chi connectivity index (χ0v) is 21.7. The van der Waals surface area contributed by atoms with Crippen molar-refractivity contribution in [3.63, 3.8) is 0 Å². The fourth-order valence-corrected chi connectivity index (χ4v) is 4.73. The fourth-order valence-electron chi connectivity index (χ4n) is 3.38. The molecule has 1 aliphatic rings. The van der Waals surface area contributed by atoms with Crippen molar-refractivity contribution in [3.8, 4) is 11.5 Å². The number of carbonyl (C=O) groups excluding carboxylic acids is 2. The van der Waals surface area contributed by atoms with Crippen LogP contribution < -0.4 is 9.47 Å². The van der Waals surface area contributed by atoms with Gasteiger partial charge in [-0.1, -0.05) is 65.1 Å². The second kappa shape index (κ2) is 11.4. The van der Waals surface area contributed by atoms with Crippen LogP contribution in [-0.4, -0.2) is 22.7 Å². The number of nitrogens with zero attached hydrogens (tertiary/aromatic N) is 1. The molecule has 0 bridgehead atoms. The molecule has 180 valence electrons. The van der Waals surface area contributed by atoms with Gasteiger partial charge in [0.1, 0.15) is 6.61 Å². The third-order valence-electron chi connectivity index (χ3n) is 5.10. The highest BCUT2D eigenvalue weighted by Gasteiger charge is 2.35. The first kappa shape index (κ1) is 25.5. The van der Waals surface area contributed by atoms with Crippen LogP contribution in [0.5, 0.6) is 11.5 Å². The van der Waals surface area contributed by atoms with Crippen LogP contribution in [-0.2, 0) is 17.9 Å². The fraction of sp³-hybridized carbons (Fsp3) is 0.154. The number of carbonyl (C=O) groups is 2. The first-order chi connectivity index (χ1) is 16.9. The summed E-state index contributed by atoms with van der Waals surface area (Å²) in [6.07, 6.45) is 1.67. The number of thioether (sulfide) groups is 1. The summed E-state index contributed by atoms with van der Waals surface area (Å²) in [6, 6.07) is 17.8. The maximum absolute atomic E-state index is 12.9. The highest BCUT2D eigenvalue weighted by atomic mass is 35.5. The highest BCUT2D eigenvalue weighted by Crippen LogP contribution is 2.36. The Balaban J connectivity index is 1.51. The lowest BCUT2D eigenvalue weighted by Gasteiger charge is -2.14. The summed E-state index contributed by atoms with van der Waals surface area (Å²) < 4.78 is 11.7. The number of benzene rings is 3. The summed E-state index contributed by atoms with van der Waals surface area (Å²) in [7, 11) is 0. The van der Waals surface area contributed by atoms with Gasteiger partial charge in [-0.15, -0.1) is 0 Å². The molecule has 0 aromatic heterocycles. The van der Waals surface area contributed by atoms with E-state index in [1.165, 1.54) is 4.90 Å². The van der Waals surface area contributed by atoms with Crippen LogP contribution in [0.25, 0.3) is 6.08 Å². The second-order valence-electron chi connectivity index (χ2n) is 7.54. The third kappa shape index (κ3) is 6.14. The first-order valence-corrected chi connectivity index (χ1v) is 12.6. The van der Waals surface area contributed by atoms with E-state index in [9.17, 15) is 9.59 Å². The number of ether oxygens (including phenoxy) is 2. The van der Waals surface area contributed by atoms with Crippen LogP contribution in [0.4, 0.5) is 4.79 Å². The second-order valence-corrected chi connectivity index (χ2v) is 9.75. The molecule has 0 atom stereocenters. The van der Waals surface area contributed by atoms with Gasteiger partial charge in [-0.3, -0.25) is 14.5 Å². The molecule has 0 saturated carbocycles. The molecule has 1 heterocycles. The van der Waals surface area contributed by atoms with Crippen LogP contribution in [0.1, 0.15) is 23.6 Å². The molecule has 35 heavy (non-hydrogen) atoms. The van der Waals surface area contributed by atoms with E-state index in [4.69, 9.17) is 44.3 Å². The Labute approximate surface area is 222 Å². The molecule has 3 aromatic rings. The standard InChI is InChI=1S/C26H20Cl3NO4S/c1-2-33-23-12-16(8-10-22(23)34-15-18-5-3-4-6-19(18)27)13-24-25(31)30(26(32)35-24)14-17-7-9-20(28)21(29)11-17/h3-13H,2,14-15H2,1H3/b24-13+. The van der Waals surface area contributed by atoms with Crippen molar-refractivity contribution < 1.29 is 19.1 Å². The van der Waals surface area contributed by atoms with E-state index < -0.39 is 0 Å². The van der Waals surface area contributed by atoms with Gasteiger partial charge in [0.25, 0.3) is 11.1 Å². The van der Waals surface area contributed by atoms with Crippen molar-refractivity contribution in [2.75, 3.05) is 6.61 Å². The van der Waals surface area contributed by atoms with Crippen LogP contribution in [0.2, 0.25) is 15.1 Å². The average Bonchev–Trinajstić information content (AvgIpc) is 3.09. The normalized spacial score (nSPS) is 14.6. The van der Waals surface area contributed by atoms with E-state index in [1.54, 1.807) is 48.5 Å². The summed E-state index contributed by atoms with van der Waals surface area (Å²) in [4.78, 5) is 27.0. The molecule has 1 fully saturated rings. The van der Waals surface area contributed by atoms with Gasteiger partial charge in [-0.25, -0.2) is 0 Å². The first-order valence-electron chi connectivity index (χ1n) is 10.7. The molecule has 0 spiro atoms. The number of halogens is 3. The van der Waals surface area contributed by atoms with Crippen molar-refractivity contribution >= 4 is 63.8 Å². The minimum absolute atomic E-state index is 0.109. The monoisotopic (exact) mass is 547 g/mol. The Morgan fingerprint density at radius 1 is 0.886 bits per heavy atom. The molecule has 0 unspecified atom stereocenters. The summed E-state index contributed by atoms with van der Waals surface area (Å²) in [5.41, 5.74) is 2.27. The van der Waals surface area contributed by atoms with Crippen molar-refractivity contribution in [3.05, 3.63) is 97.3 Å². The zero-order valence-electron chi connectivity index (χ0n) is 18.6. The molecule has 2 amide bonds. The average molecular weight is 549 g/mol. The van der Waals surface area contributed by atoms with Crippen LogP contribution in [0.3, 0.4) is 0 Å². The van der Waals surface area contributed by atoms with Gasteiger partial charge in [0, 0.05) is 10.6 Å². The summed E-state index contributed by atoms with van der Waals surface area (Å²) in [5, 5.41) is 1.05. The predicted molar refractivity (Wildman–Crippen MR) is 141 cm³/mol. The van der Waals surface area contributed by atoms with Crippen molar-refractivity contribution in [2.45, 2.75) is 20.1 Å². The minimum Gasteiger partial charge on any atom is -0.490 e. The molecule has 0 aliphatic carbocycles. The smallest absolute Gasteiger partial charge is 0.293 e. The van der Waals surface area contributed by atoms with Gasteiger partial charge >= 0.3 is 0 Å². The third-order valence-corrected chi connectivity index (χ3v) is 7.12. The maximum atomic E-state index is 12.9. The number of hydrogen-bond donors (Lipinski definition) is 0. The Bertz CT molecular complexity index is 1310. The van der Waals surface area contributed by atoms with Crippen LogP contribution >= 0.6 is 46.6 Å². The molecule has 3 aromatic carbocycles. The van der Waals surface area contributed by atoms with E-state index in [2.05, 4.69) is 0 Å². The number of amides is 2. The van der Waals surface area contributed by atoms with Gasteiger partial charge < -0.3 is 9.47 Å². The van der Waals surface area contributed by atoms with Gasteiger partial charge in [0.05, 0.1) is 28.1 Å². The van der Waals surface area contributed by atoms with E-state index >= 15 is 0 Å². The van der Waals surface area contributed by atoms with E-state index in [0.29, 0.717) is 49.2 Å². The number of hydrogen-bond acceptors (Lipinski definition) is 5. The molecule has 1 saturated heterocycles. The predicted octanol–water partition coefficient (Wildman–Crippen LogP) is 7.86. The molecule has 0 radical (unpaired) electrons. The molecule has 5 nitrogen and oxygen atoms in total. The Kier molecular flexibility index (Phi) is 8.29. The minimum atomic E-state index is -0.372. The largest absolute Gasteiger partial charge is 0.490 e. The molecule has 0 N–H and O–H groups in total. The Hall–Kier alpha value is -2.64. The lowest BCUT2D eigenvalue weighted by atomic mass is 10.1. The van der Waals surface area contributed by atoms with Crippen molar-refractivity contribution in [2.24, 2.45) is 0 Å². The molecule has 9 heteroatoms. The maximum Gasteiger partial charge on any atom is 0.293 e. The summed E-state index contributed by atoms with van der Waals surface area (Å²) in [5.74, 6) is 0.711. The van der Waals surface area contributed by atoms with Gasteiger partial charge in [-0.2, -0.15) is 0 Å². The van der Waals surface area contributed by atoms with E-state index in [1.807, 2.05) is 25.1 Å². The molecule has 4 rings (SSSR count). The van der Waals surface area contributed by atoms with E-state index in [-0.39, 0.29) is 24.3 Å². The summed E-state index contributed by atoms with van der Waals surface area (Å²) >= 11 is 19.1. The van der Waals surface area contributed by atoms with Crippen molar-refractivity contribution in [1.29, 1.82) is 0 Å². The number of imide groups is 1. The van der Waals surface area contributed by atoms with Gasteiger partial charge in [-0.05, 0) is 66.2 Å². The molecular formula is C26H20Cl3NO4S. The quantitative estimate of drug-likeness (QED) is 0.268. The lowest BCUT2D eigenvalue weighted by Crippen LogP contribution is -2.27. The molecular weight excluding hydrogens is 529 g/mol. The summed E-state index contributed by atoms with van der Waals surface area (Å²) in [6.45, 7) is 2.70. The van der Waals surface area contributed by atoms with Crippen LogP contribution in [0.15, 0.2) is 65.6 Å². The van der Waals surface area contributed by atoms with Gasteiger partial charge in [0.15, 0.2) is 11.5 Å². The van der Waals surface area contributed by atoms with Crippen LogP contribution in [0, 0.1) is 0 Å². The SMILES string of the molecule is CCOc1cc(/C=C2/SC(=O)N(Cc3ccc(Cl)c(Cl)c3)C2=O)ccc1OCc1ccccc1Cl. The van der Waals surface area contributed by atoms with Crippen molar-refractivity contribution in [1.82, 2.24) is 4.90 Å². The zero-order chi connectivity index (χ0) is 24.9. The Morgan fingerprint density at radius 2 is 1.69 bits per heavy atom. The topological polar surface area (TPSA) is 55.8 Å². The van der Waals surface area contributed by atoms with Gasteiger partial charge in [0.2, 0.25) is 0 Å². The Morgan fingerprint density at radius 3 is 2.43 bits per heavy atom. The number of rotatable bonds is 8.